The lowest BCUT2D eigenvalue weighted by atomic mass is 9.55. The van der Waals surface area contributed by atoms with Gasteiger partial charge in [-0.3, -0.25) is 4.79 Å². The Morgan fingerprint density at radius 1 is 1.09 bits per heavy atom. The number of rotatable bonds is 20. The number of aliphatic hydroxyl groups excluding tert-OH is 2. The SMILES string of the molecule is C=CCO[C@@]12Oc3ccc(OC(=O)NCC)cc3[C@H]3[C@H](CCCCO)[C@@H](CCCCO)C=C(C(=NOC)C[C@@H]1N(CCC)C(=O)CCC1CCCC1)[C@H]32. The van der Waals surface area contributed by atoms with Crippen molar-refractivity contribution < 1.29 is 38.9 Å². The van der Waals surface area contributed by atoms with Crippen molar-refractivity contribution >= 4 is 17.7 Å². The minimum atomic E-state index is -1.28. The highest BCUT2D eigenvalue weighted by Gasteiger charge is 2.65. The van der Waals surface area contributed by atoms with Gasteiger partial charge < -0.3 is 39.5 Å². The summed E-state index contributed by atoms with van der Waals surface area (Å²) in [5.41, 5.74) is 2.67. The number of hydrogen-bond acceptors (Lipinski definition) is 9. The molecule has 0 saturated heterocycles. The number of ether oxygens (including phenoxy) is 3. The van der Waals surface area contributed by atoms with E-state index >= 15 is 0 Å². The van der Waals surface area contributed by atoms with Crippen molar-refractivity contribution in [3.8, 4) is 11.5 Å². The van der Waals surface area contributed by atoms with Crippen LogP contribution in [0.4, 0.5) is 4.79 Å². The second kappa shape index (κ2) is 19.8. The highest BCUT2D eigenvalue weighted by atomic mass is 16.7. The minimum Gasteiger partial charge on any atom is -0.459 e. The molecule has 3 N–H and O–H groups in total. The summed E-state index contributed by atoms with van der Waals surface area (Å²) in [5.74, 6) is 0.0752. The van der Waals surface area contributed by atoms with Crippen LogP contribution in [0.15, 0.2) is 47.7 Å². The molecule has 5 rings (SSSR count). The maximum absolute atomic E-state index is 14.5. The molecule has 11 heteroatoms. The average molecular weight is 738 g/mol. The molecule has 11 nitrogen and oxygen atoms in total. The molecule has 0 bridgehead atoms. The van der Waals surface area contributed by atoms with E-state index < -0.39 is 23.8 Å². The molecule has 1 aromatic rings. The third kappa shape index (κ3) is 9.28. The fraction of sp³-hybridized carbons (Fsp3) is 0.690. The van der Waals surface area contributed by atoms with Gasteiger partial charge in [0.1, 0.15) is 24.7 Å². The molecule has 0 radical (unpaired) electrons. The van der Waals surface area contributed by atoms with Crippen LogP contribution in [0.1, 0.15) is 115 Å². The van der Waals surface area contributed by atoms with E-state index in [4.69, 9.17) is 19.0 Å². The lowest BCUT2D eigenvalue weighted by Gasteiger charge is -2.60. The molecule has 1 aromatic carbocycles. The van der Waals surface area contributed by atoms with E-state index in [1.54, 1.807) is 19.3 Å². The molecule has 2 saturated carbocycles. The van der Waals surface area contributed by atoms with Crippen LogP contribution in [-0.4, -0.2) is 84.7 Å². The minimum absolute atomic E-state index is 0.0864. The molecule has 1 heterocycles. The lowest BCUT2D eigenvalue weighted by Crippen LogP contribution is -2.70. The first-order valence-corrected chi connectivity index (χ1v) is 20.2. The van der Waals surface area contributed by atoms with Crippen LogP contribution in [0.5, 0.6) is 11.5 Å². The van der Waals surface area contributed by atoms with Crippen LogP contribution in [0.3, 0.4) is 0 Å². The Hall–Kier alpha value is -3.41. The molecule has 53 heavy (non-hydrogen) atoms. The number of aliphatic hydroxyl groups is 2. The molecule has 0 spiro atoms. The fourth-order valence-corrected chi connectivity index (χ4v) is 9.57. The zero-order valence-electron chi connectivity index (χ0n) is 32.2. The van der Waals surface area contributed by atoms with Crippen molar-refractivity contribution in [2.24, 2.45) is 28.8 Å². The number of hydrogen-bond donors (Lipinski definition) is 3. The number of carbonyl (C=O) groups is 2. The normalized spacial score (nSPS) is 26.9. The maximum Gasteiger partial charge on any atom is 0.412 e. The van der Waals surface area contributed by atoms with Crippen molar-refractivity contribution in [1.29, 1.82) is 0 Å². The zero-order chi connectivity index (χ0) is 37.8. The Labute approximate surface area is 316 Å². The Bertz CT molecular complexity index is 1440. The summed E-state index contributed by atoms with van der Waals surface area (Å²) < 4.78 is 20.0. The first kappa shape index (κ1) is 40.8. The lowest BCUT2D eigenvalue weighted by molar-refractivity contribution is -0.257. The van der Waals surface area contributed by atoms with Gasteiger partial charge in [-0.25, -0.2) is 4.79 Å². The van der Waals surface area contributed by atoms with Crippen LogP contribution < -0.4 is 14.8 Å². The molecule has 2 amide bonds. The number of carbonyl (C=O) groups excluding carboxylic acids is 2. The molecule has 3 aliphatic carbocycles. The zero-order valence-corrected chi connectivity index (χ0v) is 32.2. The molecule has 294 valence electrons. The molecule has 4 aliphatic rings. The largest absolute Gasteiger partial charge is 0.459 e. The quantitative estimate of drug-likeness (QED) is 0.0722. The van der Waals surface area contributed by atoms with Crippen molar-refractivity contribution in [2.45, 2.75) is 121 Å². The van der Waals surface area contributed by atoms with Gasteiger partial charge in [0, 0.05) is 50.6 Å². The van der Waals surface area contributed by atoms with E-state index in [0.29, 0.717) is 56.2 Å². The Balaban J connectivity index is 1.71. The maximum atomic E-state index is 14.5. The summed E-state index contributed by atoms with van der Waals surface area (Å²) in [6.45, 7) is 9.37. The Kier molecular flexibility index (Phi) is 15.2. The van der Waals surface area contributed by atoms with E-state index in [2.05, 4.69) is 30.1 Å². The predicted octanol–water partition coefficient (Wildman–Crippen LogP) is 7.27. The summed E-state index contributed by atoms with van der Waals surface area (Å²) in [6.07, 6.45) is 15.6. The summed E-state index contributed by atoms with van der Waals surface area (Å²) in [4.78, 5) is 34.6. The highest BCUT2D eigenvalue weighted by Crippen LogP contribution is 2.62. The van der Waals surface area contributed by atoms with E-state index in [1.165, 1.54) is 25.7 Å². The topological polar surface area (TPSA) is 139 Å². The third-order valence-corrected chi connectivity index (χ3v) is 11.8. The molecule has 0 aromatic heterocycles. The van der Waals surface area contributed by atoms with Gasteiger partial charge in [0.05, 0.1) is 18.2 Å². The van der Waals surface area contributed by atoms with Gasteiger partial charge in [-0.05, 0) is 87.0 Å². The number of nitrogens with zero attached hydrogens (tertiary/aromatic N) is 2. The van der Waals surface area contributed by atoms with Crippen LogP contribution in [-0.2, 0) is 14.4 Å². The number of amides is 2. The first-order valence-electron chi connectivity index (χ1n) is 20.2. The number of unbranched alkanes of at least 4 members (excludes halogenated alkanes) is 2. The number of allylic oxidation sites excluding steroid dienone is 1. The number of nitrogens with one attached hydrogen (secondary N) is 1. The molecule has 6 atom stereocenters. The average Bonchev–Trinajstić information content (AvgIpc) is 3.68. The summed E-state index contributed by atoms with van der Waals surface area (Å²) in [7, 11) is 1.56. The number of benzene rings is 1. The number of oxime groups is 1. The standard InChI is InChI=1S/C42H63N3O8/c1-5-22-45(38(48)21-18-29-14-8-9-15-29)37-28-35(44-50-4)33-26-30(16-10-12-23-46)32(17-11-13-24-47)39-34-27-31(52-41(49)43-7-3)19-20-36(34)53-42(37,40(33)39)51-25-6-2/h6,19-20,26-27,29-30,32,37,39-40,46-47H,2,5,7-18,21-25,28H2,1,3-4H3,(H,43,49)/t30-,32+,37-,39+,40+,42+/m0/s1. The third-order valence-electron chi connectivity index (χ3n) is 11.8. The van der Waals surface area contributed by atoms with Crippen LogP contribution in [0, 0.1) is 23.7 Å². The van der Waals surface area contributed by atoms with E-state index in [1.807, 2.05) is 24.0 Å². The summed E-state index contributed by atoms with van der Waals surface area (Å²) >= 11 is 0. The fourth-order valence-electron chi connectivity index (χ4n) is 9.57. The van der Waals surface area contributed by atoms with E-state index in [-0.39, 0.29) is 43.5 Å². The van der Waals surface area contributed by atoms with E-state index in [0.717, 1.165) is 55.4 Å². The summed E-state index contributed by atoms with van der Waals surface area (Å²) in [5, 5.41) is 27.0. The van der Waals surface area contributed by atoms with Crippen LogP contribution >= 0.6 is 0 Å². The molecular formula is C42H63N3O8. The predicted molar refractivity (Wildman–Crippen MR) is 205 cm³/mol. The molecule has 2 fully saturated rings. The summed E-state index contributed by atoms with van der Waals surface area (Å²) in [6, 6.07) is 5.03. The monoisotopic (exact) mass is 737 g/mol. The first-order chi connectivity index (χ1) is 25.8. The van der Waals surface area contributed by atoms with Crippen molar-refractivity contribution in [1.82, 2.24) is 10.2 Å². The van der Waals surface area contributed by atoms with Crippen molar-refractivity contribution in [3.63, 3.8) is 0 Å². The second-order valence-electron chi connectivity index (χ2n) is 15.2. The smallest absolute Gasteiger partial charge is 0.412 e. The second-order valence-corrected chi connectivity index (χ2v) is 15.2. The highest BCUT2D eigenvalue weighted by molar-refractivity contribution is 6.03. The van der Waals surface area contributed by atoms with Gasteiger partial charge in [0.15, 0.2) is 0 Å². The molecule has 0 unspecified atom stereocenters. The van der Waals surface area contributed by atoms with Gasteiger partial charge in [-0.1, -0.05) is 62.8 Å². The van der Waals surface area contributed by atoms with Gasteiger partial charge in [-0.2, -0.15) is 0 Å². The van der Waals surface area contributed by atoms with Crippen molar-refractivity contribution in [2.75, 3.05) is 40.0 Å². The number of fused-ring (bicyclic) bond motifs is 2. The van der Waals surface area contributed by atoms with Gasteiger partial charge in [-0.15, -0.1) is 6.58 Å². The van der Waals surface area contributed by atoms with E-state index in [9.17, 15) is 19.8 Å². The molecule has 1 aliphatic heterocycles. The van der Waals surface area contributed by atoms with Crippen LogP contribution in [0.25, 0.3) is 0 Å². The van der Waals surface area contributed by atoms with Crippen LogP contribution in [0.2, 0.25) is 0 Å². The van der Waals surface area contributed by atoms with Crippen molar-refractivity contribution in [3.05, 3.63) is 48.1 Å². The van der Waals surface area contributed by atoms with Gasteiger partial charge in [0.2, 0.25) is 11.7 Å². The van der Waals surface area contributed by atoms with Gasteiger partial charge in [0.25, 0.3) is 0 Å². The Morgan fingerprint density at radius 3 is 2.53 bits per heavy atom. The molecular weight excluding hydrogens is 674 g/mol. The Morgan fingerprint density at radius 2 is 1.85 bits per heavy atom. The van der Waals surface area contributed by atoms with Gasteiger partial charge >= 0.3 is 6.09 Å².